The van der Waals surface area contributed by atoms with Gasteiger partial charge in [0.2, 0.25) is 0 Å². The molecule has 0 heterocycles. The van der Waals surface area contributed by atoms with Gasteiger partial charge in [-0.2, -0.15) is 17.7 Å². The van der Waals surface area contributed by atoms with Crippen molar-refractivity contribution in [3.05, 3.63) is 54.6 Å². The van der Waals surface area contributed by atoms with E-state index < -0.39 is 0 Å². The molecular weight excluding hydrogens is 259 g/mol. The van der Waals surface area contributed by atoms with Crippen molar-refractivity contribution < 1.29 is 26.2 Å². The molecule has 0 radical (unpaired) electrons. The average molecular weight is 281 g/mol. The molecule has 15 heavy (non-hydrogen) atoms. The van der Waals surface area contributed by atoms with Crippen LogP contribution in [0.25, 0.3) is 0 Å². The number of unbranched alkanes of at least 4 members (excludes halogenated alkanes) is 1. The molecule has 1 aromatic rings. The van der Waals surface area contributed by atoms with Gasteiger partial charge in [-0.15, -0.1) is 0 Å². The van der Waals surface area contributed by atoms with Crippen LogP contribution in [0.15, 0.2) is 49.1 Å². The van der Waals surface area contributed by atoms with E-state index in [2.05, 4.69) is 44.3 Å². The maximum Gasteiger partial charge on any atom is 0 e. The van der Waals surface area contributed by atoms with Crippen LogP contribution in [0.2, 0.25) is 0 Å². The van der Waals surface area contributed by atoms with Crippen LogP contribution in [0.3, 0.4) is 0 Å². The zero-order valence-electron chi connectivity index (χ0n) is 9.92. The molecule has 0 spiro atoms. The Morgan fingerprint density at radius 1 is 1.53 bits per heavy atom. The second-order valence-electron chi connectivity index (χ2n) is 3.45. The molecule has 0 nitrogen and oxygen atoms in total. The van der Waals surface area contributed by atoms with Crippen LogP contribution >= 0.6 is 0 Å². The summed E-state index contributed by atoms with van der Waals surface area (Å²) in [6.07, 6.45) is 5.60. The van der Waals surface area contributed by atoms with Gasteiger partial charge in [-0.1, -0.05) is 51.0 Å². The largest absolute Gasteiger partial charge is 0.213 e. The zero-order chi connectivity index (χ0) is 10.8. The average Bonchev–Trinajstić information content (AvgIpc) is 2.68. The Morgan fingerprint density at radius 2 is 2.13 bits per heavy atom. The van der Waals surface area contributed by atoms with Gasteiger partial charge in [-0.3, -0.25) is 0 Å². The smallest absolute Gasteiger partial charge is 0 e. The summed E-state index contributed by atoms with van der Waals surface area (Å²) in [6.45, 7) is 11.2. The minimum atomic E-state index is 0. The third-order valence-corrected chi connectivity index (χ3v) is 1.90. The quantitative estimate of drug-likeness (QED) is 0.563. The van der Waals surface area contributed by atoms with Crippen molar-refractivity contribution in [1.82, 2.24) is 0 Å². The van der Waals surface area contributed by atoms with Crippen molar-refractivity contribution in [2.75, 3.05) is 0 Å². The van der Waals surface area contributed by atoms with E-state index in [1.807, 2.05) is 6.92 Å². The van der Waals surface area contributed by atoms with Crippen LogP contribution < -0.4 is 0 Å². The first-order valence-corrected chi connectivity index (χ1v) is 5.19. The molecule has 82 valence electrons. The third kappa shape index (κ3) is 11.6. The van der Waals surface area contributed by atoms with Gasteiger partial charge < -0.3 is 0 Å². The van der Waals surface area contributed by atoms with Crippen molar-refractivity contribution in [1.29, 1.82) is 0 Å². The second-order valence-corrected chi connectivity index (χ2v) is 3.45. The number of allylic oxidation sites excluding steroid dienone is 2. The van der Waals surface area contributed by atoms with Gasteiger partial charge in [0.05, 0.1) is 0 Å². The second kappa shape index (κ2) is 11.8. The summed E-state index contributed by atoms with van der Waals surface area (Å²) in [5.41, 5.74) is 2.50. The first-order valence-electron chi connectivity index (χ1n) is 5.19. The molecule has 0 fully saturated rings. The van der Waals surface area contributed by atoms with E-state index >= 15 is 0 Å². The monoisotopic (exact) mass is 279 g/mol. The fourth-order valence-corrected chi connectivity index (χ4v) is 0.961. The SMILES string of the molecule is C=CC(=C)C.CCCCc1ccc[cH-]1.[Zr]. The van der Waals surface area contributed by atoms with Crippen molar-refractivity contribution in [3.8, 4) is 0 Å². The summed E-state index contributed by atoms with van der Waals surface area (Å²) < 4.78 is 0. The summed E-state index contributed by atoms with van der Waals surface area (Å²) >= 11 is 0. The van der Waals surface area contributed by atoms with Crippen LogP contribution in [0.4, 0.5) is 0 Å². The zero-order valence-corrected chi connectivity index (χ0v) is 12.4. The maximum atomic E-state index is 3.56. The van der Waals surface area contributed by atoms with Crippen LogP contribution in [0.1, 0.15) is 32.3 Å². The Balaban J connectivity index is 0. The summed E-state index contributed by atoms with van der Waals surface area (Å²) in [4.78, 5) is 0. The summed E-state index contributed by atoms with van der Waals surface area (Å²) in [5.74, 6) is 0. The fraction of sp³-hybridized carbons (Fsp3) is 0.357. The van der Waals surface area contributed by atoms with Crippen molar-refractivity contribution in [2.24, 2.45) is 0 Å². The Bertz CT molecular complexity index is 244. The Labute approximate surface area is 114 Å². The van der Waals surface area contributed by atoms with E-state index in [9.17, 15) is 0 Å². The first kappa shape index (κ1) is 17.1. The molecular formula is C14H21Zr-. The number of hydrogen-bond donors (Lipinski definition) is 0. The molecule has 0 saturated heterocycles. The molecule has 1 aromatic carbocycles. The molecule has 1 rings (SSSR count). The standard InChI is InChI=1S/C9H13.C5H8.Zr/c1-2-3-6-9-7-4-5-8-9;1-4-5(2)3;/h4-5,7-8H,2-3,6H2,1H3;4H,1-2H2,3H3;/q-1;;. The third-order valence-electron chi connectivity index (χ3n) is 1.90. The molecule has 0 aromatic heterocycles. The Kier molecular flexibility index (Phi) is 13.5. The van der Waals surface area contributed by atoms with Crippen molar-refractivity contribution >= 4 is 0 Å². The summed E-state index contributed by atoms with van der Waals surface area (Å²) in [6, 6.07) is 8.58. The van der Waals surface area contributed by atoms with Gasteiger partial charge >= 0.3 is 0 Å². The number of aryl methyl sites for hydroxylation is 1. The van der Waals surface area contributed by atoms with Crippen LogP contribution in [-0.2, 0) is 32.6 Å². The molecule has 0 bridgehead atoms. The predicted molar refractivity (Wildman–Crippen MR) is 65.7 cm³/mol. The Hall–Kier alpha value is -0.287. The summed E-state index contributed by atoms with van der Waals surface area (Å²) in [5, 5.41) is 0. The van der Waals surface area contributed by atoms with E-state index in [1.165, 1.54) is 24.8 Å². The van der Waals surface area contributed by atoms with E-state index in [1.54, 1.807) is 6.08 Å². The van der Waals surface area contributed by atoms with Crippen LogP contribution in [-0.4, -0.2) is 0 Å². The van der Waals surface area contributed by atoms with E-state index in [0.29, 0.717) is 0 Å². The van der Waals surface area contributed by atoms with E-state index in [4.69, 9.17) is 0 Å². The Morgan fingerprint density at radius 3 is 2.47 bits per heavy atom. The molecule has 0 aliphatic carbocycles. The molecule has 0 unspecified atom stereocenters. The number of rotatable bonds is 4. The van der Waals surface area contributed by atoms with Gasteiger partial charge in [-0.25, -0.2) is 12.1 Å². The van der Waals surface area contributed by atoms with Gasteiger partial charge in [0.25, 0.3) is 0 Å². The van der Waals surface area contributed by atoms with Gasteiger partial charge in [0, 0.05) is 26.2 Å². The molecule has 0 amide bonds. The molecule has 0 N–H and O–H groups in total. The van der Waals surface area contributed by atoms with Crippen LogP contribution in [0.5, 0.6) is 0 Å². The predicted octanol–water partition coefficient (Wildman–Crippen LogP) is 4.49. The number of hydrogen-bond acceptors (Lipinski definition) is 0. The van der Waals surface area contributed by atoms with Gasteiger partial charge in [0.1, 0.15) is 0 Å². The minimum absolute atomic E-state index is 0. The van der Waals surface area contributed by atoms with Gasteiger partial charge in [-0.05, 0) is 6.92 Å². The normalized spacial score (nSPS) is 8.13. The topological polar surface area (TPSA) is 0 Å². The molecule has 0 saturated carbocycles. The molecule has 0 aliphatic heterocycles. The molecule has 0 aliphatic rings. The van der Waals surface area contributed by atoms with Crippen molar-refractivity contribution in [3.63, 3.8) is 0 Å². The minimum Gasteiger partial charge on any atom is -0.213 e. The van der Waals surface area contributed by atoms with Crippen LogP contribution in [0, 0.1) is 0 Å². The molecule has 0 atom stereocenters. The summed E-state index contributed by atoms with van der Waals surface area (Å²) in [7, 11) is 0. The van der Waals surface area contributed by atoms with Gasteiger partial charge in [0.15, 0.2) is 0 Å². The maximum absolute atomic E-state index is 3.56. The first-order chi connectivity index (χ1) is 6.70. The fourth-order valence-electron chi connectivity index (χ4n) is 0.961. The van der Waals surface area contributed by atoms with Crippen molar-refractivity contribution in [2.45, 2.75) is 33.1 Å². The molecule has 1 heteroatoms. The van der Waals surface area contributed by atoms with E-state index in [0.717, 1.165) is 5.57 Å². The van der Waals surface area contributed by atoms with E-state index in [-0.39, 0.29) is 26.2 Å².